The Hall–Kier alpha value is -2.10. The third-order valence-corrected chi connectivity index (χ3v) is 2.31. The van der Waals surface area contributed by atoms with Crippen LogP contribution in [-0.4, -0.2) is 6.29 Å². The maximum absolute atomic E-state index is 13.0. The highest BCUT2D eigenvalue weighted by Gasteiger charge is 2.03. The molecule has 0 unspecified atom stereocenters. The van der Waals surface area contributed by atoms with Crippen LogP contribution in [0.3, 0.4) is 0 Å². The number of benzene rings is 1. The summed E-state index contributed by atoms with van der Waals surface area (Å²) in [7, 11) is 0. The number of carbonyl (C=O) groups excluding carboxylic acids is 1. The Bertz CT molecular complexity index is 531. The van der Waals surface area contributed by atoms with Crippen molar-refractivity contribution in [2.45, 2.75) is 13.5 Å². The molecule has 0 atom stereocenters. The summed E-state index contributed by atoms with van der Waals surface area (Å²) >= 11 is 0. The monoisotopic (exact) mass is 234 g/mol. The van der Waals surface area contributed by atoms with Crippen molar-refractivity contribution in [3.8, 4) is 5.75 Å². The average molecular weight is 234 g/mol. The second-order valence-electron chi connectivity index (χ2n) is 3.62. The number of hydrogen-bond donors (Lipinski definition) is 0. The van der Waals surface area contributed by atoms with Crippen molar-refractivity contribution in [3.05, 3.63) is 53.2 Å². The summed E-state index contributed by atoms with van der Waals surface area (Å²) < 4.78 is 23.5. The molecule has 3 nitrogen and oxygen atoms in total. The first-order valence-corrected chi connectivity index (χ1v) is 5.12. The molecule has 0 amide bonds. The second kappa shape index (κ2) is 4.82. The summed E-state index contributed by atoms with van der Waals surface area (Å²) in [6.07, 6.45) is 0.630. The van der Waals surface area contributed by atoms with Crippen LogP contribution < -0.4 is 4.74 Å². The average Bonchev–Trinajstić information content (AvgIpc) is 2.79. The molecule has 1 aromatic carbocycles. The molecule has 0 bridgehead atoms. The Morgan fingerprint density at radius 3 is 2.82 bits per heavy atom. The van der Waals surface area contributed by atoms with Crippen molar-refractivity contribution >= 4 is 6.29 Å². The molecule has 0 aliphatic heterocycles. The van der Waals surface area contributed by atoms with Crippen LogP contribution in [-0.2, 0) is 6.61 Å². The van der Waals surface area contributed by atoms with Crippen LogP contribution in [0.2, 0.25) is 0 Å². The lowest BCUT2D eigenvalue weighted by Crippen LogP contribution is -1.94. The van der Waals surface area contributed by atoms with Crippen molar-refractivity contribution in [2.24, 2.45) is 0 Å². The number of aldehydes is 1. The number of ether oxygens (including phenoxy) is 1. The van der Waals surface area contributed by atoms with Crippen LogP contribution in [0.15, 0.2) is 34.7 Å². The van der Waals surface area contributed by atoms with Gasteiger partial charge in [-0.1, -0.05) is 0 Å². The number of rotatable bonds is 4. The standard InChI is InChI=1S/C13H11FO3/c1-9-6-10(4-5-13(9)14)16-8-12-3-2-11(7-15)17-12/h2-7H,8H2,1H3. The zero-order chi connectivity index (χ0) is 12.3. The molecule has 17 heavy (non-hydrogen) atoms. The molecule has 2 rings (SSSR count). The Morgan fingerprint density at radius 2 is 2.18 bits per heavy atom. The lowest BCUT2D eigenvalue weighted by Gasteiger charge is -2.05. The molecule has 0 aliphatic carbocycles. The van der Waals surface area contributed by atoms with Crippen LogP contribution in [0.25, 0.3) is 0 Å². The molecule has 0 spiro atoms. The fraction of sp³-hybridized carbons (Fsp3) is 0.154. The SMILES string of the molecule is Cc1cc(OCc2ccc(C=O)o2)ccc1F. The van der Waals surface area contributed by atoms with E-state index in [-0.39, 0.29) is 18.2 Å². The molecule has 0 aliphatic rings. The normalized spacial score (nSPS) is 10.2. The summed E-state index contributed by atoms with van der Waals surface area (Å²) in [5.41, 5.74) is 0.524. The first-order valence-electron chi connectivity index (χ1n) is 5.12. The van der Waals surface area contributed by atoms with Crippen molar-refractivity contribution in [1.82, 2.24) is 0 Å². The van der Waals surface area contributed by atoms with Crippen molar-refractivity contribution < 1.29 is 18.3 Å². The minimum atomic E-state index is -0.265. The zero-order valence-electron chi connectivity index (χ0n) is 9.27. The topological polar surface area (TPSA) is 39.4 Å². The van der Waals surface area contributed by atoms with E-state index in [4.69, 9.17) is 9.15 Å². The molecule has 0 N–H and O–H groups in total. The van der Waals surface area contributed by atoms with E-state index in [1.54, 1.807) is 31.2 Å². The van der Waals surface area contributed by atoms with E-state index in [0.717, 1.165) is 0 Å². The molecule has 88 valence electrons. The lowest BCUT2D eigenvalue weighted by atomic mass is 10.2. The molecule has 0 saturated carbocycles. The van der Waals surface area contributed by atoms with Crippen LogP contribution in [0.4, 0.5) is 4.39 Å². The van der Waals surface area contributed by atoms with Gasteiger partial charge in [-0.15, -0.1) is 0 Å². The van der Waals surface area contributed by atoms with Gasteiger partial charge in [-0.25, -0.2) is 4.39 Å². The summed E-state index contributed by atoms with van der Waals surface area (Å²) in [6, 6.07) is 7.75. The quantitative estimate of drug-likeness (QED) is 0.763. The Labute approximate surface area is 97.8 Å². The molecule has 0 fully saturated rings. The van der Waals surface area contributed by atoms with Gasteiger partial charge in [0, 0.05) is 0 Å². The van der Waals surface area contributed by atoms with E-state index < -0.39 is 0 Å². The van der Waals surface area contributed by atoms with E-state index in [9.17, 15) is 9.18 Å². The number of carbonyl (C=O) groups is 1. The van der Waals surface area contributed by atoms with Crippen molar-refractivity contribution in [3.63, 3.8) is 0 Å². The summed E-state index contributed by atoms with van der Waals surface area (Å²) in [5, 5.41) is 0. The van der Waals surface area contributed by atoms with Gasteiger partial charge in [0.2, 0.25) is 0 Å². The Morgan fingerprint density at radius 1 is 1.35 bits per heavy atom. The van der Waals surface area contributed by atoms with Gasteiger partial charge in [-0.3, -0.25) is 4.79 Å². The predicted octanol–water partition coefficient (Wildman–Crippen LogP) is 3.12. The maximum Gasteiger partial charge on any atom is 0.185 e. The molecule has 1 heterocycles. The number of hydrogen-bond acceptors (Lipinski definition) is 3. The summed E-state index contributed by atoms with van der Waals surface area (Å²) in [6.45, 7) is 1.87. The highest BCUT2D eigenvalue weighted by molar-refractivity contribution is 5.70. The van der Waals surface area contributed by atoms with Gasteiger partial charge >= 0.3 is 0 Å². The predicted molar refractivity (Wildman–Crippen MR) is 59.6 cm³/mol. The Balaban J connectivity index is 2.01. The smallest absolute Gasteiger partial charge is 0.185 e. The number of aryl methyl sites for hydroxylation is 1. The van der Waals surface area contributed by atoms with Gasteiger partial charge in [0.05, 0.1) is 0 Å². The molecule has 1 aromatic heterocycles. The molecule has 4 heteroatoms. The van der Waals surface area contributed by atoms with Crippen molar-refractivity contribution in [1.29, 1.82) is 0 Å². The largest absolute Gasteiger partial charge is 0.486 e. The van der Waals surface area contributed by atoms with Crippen LogP contribution >= 0.6 is 0 Å². The fourth-order valence-electron chi connectivity index (χ4n) is 1.40. The third-order valence-electron chi connectivity index (χ3n) is 2.31. The van der Waals surface area contributed by atoms with E-state index in [2.05, 4.69) is 0 Å². The molecule has 0 radical (unpaired) electrons. The van der Waals surface area contributed by atoms with Gasteiger partial charge in [0.1, 0.15) is 23.9 Å². The van der Waals surface area contributed by atoms with E-state index in [1.807, 2.05) is 0 Å². The summed E-state index contributed by atoms with van der Waals surface area (Å²) in [4.78, 5) is 10.4. The minimum Gasteiger partial charge on any atom is -0.486 e. The third kappa shape index (κ3) is 2.72. The van der Waals surface area contributed by atoms with Gasteiger partial charge in [0.25, 0.3) is 0 Å². The van der Waals surface area contributed by atoms with Gasteiger partial charge in [0.15, 0.2) is 12.0 Å². The van der Waals surface area contributed by atoms with Crippen LogP contribution in [0.1, 0.15) is 21.9 Å². The number of halogens is 1. The fourth-order valence-corrected chi connectivity index (χ4v) is 1.40. The van der Waals surface area contributed by atoms with Gasteiger partial charge in [-0.2, -0.15) is 0 Å². The Kier molecular flexibility index (Phi) is 3.23. The minimum absolute atomic E-state index is 0.207. The molecular formula is C13H11FO3. The molecular weight excluding hydrogens is 223 g/mol. The van der Waals surface area contributed by atoms with E-state index in [0.29, 0.717) is 23.4 Å². The number of furan rings is 1. The highest BCUT2D eigenvalue weighted by atomic mass is 19.1. The highest BCUT2D eigenvalue weighted by Crippen LogP contribution is 2.17. The first-order chi connectivity index (χ1) is 8.19. The van der Waals surface area contributed by atoms with Crippen LogP contribution in [0, 0.1) is 12.7 Å². The van der Waals surface area contributed by atoms with Gasteiger partial charge in [-0.05, 0) is 42.8 Å². The van der Waals surface area contributed by atoms with Crippen molar-refractivity contribution in [2.75, 3.05) is 0 Å². The molecule has 2 aromatic rings. The lowest BCUT2D eigenvalue weighted by molar-refractivity contribution is 0.109. The van der Waals surface area contributed by atoms with Gasteiger partial charge < -0.3 is 9.15 Å². The molecule has 0 saturated heterocycles. The van der Waals surface area contributed by atoms with Crippen LogP contribution in [0.5, 0.6) is 5.75 Å². The second-order valence-corrected chi connectivity index (χ2v) is 3.62. The zero-order valence-corrected chi connectivity index (χ0v) is 9.27. The van der Waals surface area contributed by atoms with E-state index in [1.165, 1.54) is 6.07 Å². The maximum atomic E-state index is 13.0. The summed E-state index contributed by atoms with van der Waals surface area (Å²) in [5.74, 6) is 1.11. The first kappa shape index (κ1) is 11.4. The van der Waals surface area contributed by atoms with E-state index >= 15 is 0 Å².